The fourth-order valence-electron chi connectivity index (χ4n) is 3.57. The highest BCUT2D eigenvalue weighted by atomic mass is 16.1. The summed E-state index contributed by atoms with van der Waals surface area (Å²) in [4.78, 5) is 24.5. The average molecular weight is 340 g/mol. The van der Waals surface area contributed by atoms with E-state index in [1.54, 1.807) is 0 Å². The molecule has 6 nitrogen and oxygen atoms in total. The minimum Gasteiger partial charge on any atom is -0.393 e. The number of anilines is 1. The molecule has 1 heterocycles. The van der Waals surface area contributed by atoms with Crippen LogP contribution >= 0.6 is 0 Å². The van der Waals surface area contributed by atoms with Gasteiger partial charge in [0.15, 0.2) is 0 Å². The van der Waals surface area contributed by atoms with Gasteiger partial charge < -0.3 is 11.5 Å². The maximum Gasteiger partial charge on any atom is 0.290 e. The Labute approximate surface area is 146 Å². The van der Waals surface area contributed by atoms with Crippen molar-refractivity contribution in [2.24, 2.45) is 11.7 Å². The standard InChI is InChI=1S/C19H24N4O2/c1-12-6-5-9-14(10-12)17-15(18(21)24)16(20)19(25)23(22-17)11-13-7-3-2-4-8-13/h5-6,9-10,13H,2-4,7-8,11,20H2,1H3,(H2,21,24). The van der Waals surface area contributed by atoms with E-state index in [0.29, 0.717) is 18.2 Å². The van der Waals surface area contributed by atoms with Crippen LogP contribution in [0, 0.1) is 12.8 Å². The monoisotopic (exact) mass is 340 g/mol. The number of primary amides is 1. The molecule has 0 atom stereocenters. The first kappa shape index (κ1) is 17.2. The van der Waals surface area contributed by atoms with Crippen molar-refractivity contribution >= 4 is 11.6 Å². The maximum atomic E-state index is 12.6. The first-order chi connectivity index (χ1) is 12.0. The van der Waals surface area contributed by atoms with Crippen molar-refractivity contribution in [2.45, 2.75) is 45.6 Å². The fraction of sp³-hybridized carbons (Fsp3) is 0.421. The zero-order chi connectivity index (χ0) is 18.0. The molecule has 2 aromatic rings. The van der Waals surface area contributed by atoms with Gasteiger partial charge in [-0.15, -0.1) is 0 Å². The third-order valence-electron chi connectivity index (χ3n) is 4.89. The van der Waals surface area contributed by atoms with Crippen molar-refractivity contribution in [1.82, 2.24) is 9.78 Å². The Morgan fingerprint density at radius 3 is 2.64 bits per heavy atom. The Morgan fingerprint density at radius 2 is 2.00 bits per heavy atom. The SMILES string of the molecule is Cc1cccc(-c2nn(CC3CCCCC3)c(=O)c(N)c2C(N)=O)c1. The molecule has 25 heavy (non-hydrogen) atoms. The molecule has 1 saturated carbocycles. The van der Waals surface area contributed by atoms with Crippen LogP contribution in [0.5, 0.6) is 0 Å². The number of carbonyl (C=O) groups excluding carboxylic acids is 1. The lowest BCUT2D eigenvalue weighted by Crippen LogP contribution is -2.33. The molecule has 0 radical (unpaired) electrons. The lowest BCUT2D eigenvalue weighted by Gasteiger charge is -2.22. The van der Waals surface area contributed by atoms with Crippen LogP contribution in [-0.2, 0) is 6.54 Å². The van der Waals surface area contributed by atoms with Gasteiger partial charge >= 0.3 is 0 Å². The molecule has 0 unspecified atom stereocenters. The summed E-state index contributed by atoms with van der Waals surface area (Å²) in [5.74, 6) is -0.313. The van der Waals surface area contributed by atoms with E-state index in [4.69, 9.17) is 11.5 Å². The summed E-state index contributed by atoms with van der Waals surface area (Å²) in [5, 5.41) is 4.48. The Balaban J connectivity index is 2.11. The van der Waals surface area contributed by atoms with E-state index >= 15 is 0 Å². The van der Waals surface area contributed by atoms with Gasteiger partial charge in [0, 0.05) is 12.1 Å². The minimum absolute atomic E-state index is 0.00972. The maximum absolute atomic E-state index is 12.6. The average Bonchev–Trinajstić information content (AvgIpc) is 2.59. The molecule has 0 spiro atoms. The minimum atomic E-state index is -0.733. The lowest BCUT2D eigenvalue weighted by atomic mass is 9.89. The van der Waals surface area contributed by atoms with Crippen molar-refractivity contribution in [1.29, 1.82) is 0 Å². The molecule has 0 bridgehead atoms. The Hall–Kier alpha value is -2.63. The van der Waals surface area contributed by atoms with Crippen molar-refractivity contribution in [3.05, 3.63) is 45.7 Å². The van der Waals surface area contributed by atoms with Crippen molar-refractivity contribution in [2.75, 3.05) is 5.73 Å². The van der Waals surface area contributed by atoms with Crippen LogP contribution in [0.3, 0.4) is 0 Å². The number of hydrogen-bond donors (Lipinski definition) is 2. The number of amides is 1. The number of hydrogen-bond acceptors (Lipinski definition) is 4. The largest absolute Gasteiger partial charge is 0.393 e. The van der Waals surface area contributed by atoms with E-state index in [-0.39, 0.29) is 11.3 Å². The zero-order valence-corrected chi connectivity index (χ0v) is 14.5. The molecule has 0 aliphatic heterocycles. The van der Waals surface area contributed by atoms with Gasteiger partial charge in [0.05, 0.1) is 5.56 Å². The van der Waals surface area contributed by atoms with Gasteiger partial charge in [0.25, 0.3) is 11.5 Å². The summed E-state index contributed by atoms with van der Waals surface area (Å²) in [7, 11) is 0. The number of aryl methyl sites for hydroxylation is 1. The van der Waals surface area contributed by atoms with Gasteiger partial charge in [-0.25, -0.2) is 4.68 Å². The van der Waals surface area contributed by atoms with E-state index in [1.807, 2.05) is 31.2 Å². The summed E-state index contributed by atoms with van der Waals surface area (Å²) < 4.78 is 1.41. The first-order valence-electron chi connectivity index (χ1n) is 8.75. The van der Waals surface area contributed by atoms with E-state index in [9.17, 15) is 9.59 Å². The number of nitrogens with two attached hydrogens (primary N) is 2. The summed E-state index contributed by atoms with van der Waals surface area (Å²) in [6.07, 6.45) is 5.78. The molecule has 4 N–H and O–H groups in total. The Morgan fingerprint density at radius 1 is 1.28 bits per heavy atom. The normalized spacial score (nSPS) is 15.2. The molecule has 1 aromatic carbocycles. The number of nitrogen functional groups attached to an aromatic ring is 1. The topological polar surface area (TPSA) is 104 Å². The Kier molecular flexibility index (Phi) is 4.88. The van der Waals surface area contributed by atoms with Crippen LogP contribution in [-0.4, -0.2) is 15.7 Å². The quantitative estimate of drug-likeness (QED) is 0.892. The molecular formula is C19H24N4O2. The van der Waals surface area contributed by atoms with E-state index in [0.717, 1.165) is 24.0 Å². The number of benzene rings is 1. The molecule has 1 aliphatic carbocycles. The van der Waals surface area contributed by atoms with Gasteiger partial charge in [0.2, 0.25) is 0 Å². The van der Waals surface area contributed by atoms with Gasteiger partial charge in [-0.2, -0.15) is 5.10 Å². The molecule has 1 fully saturated rings. The molecular weight excluding hydrogens is 316 g/mol. The van der Waals surface area contributed by atoms with Gasteiger partial charge in [-0.1, -0.05) is 43.0 Å². The molecule has 3 rings (SSSR count). The van der Waals surface area contributed by atoms with Crippen LogP contribution < -0.4 is 17.0 Å². The summed E-state index contributed by atoms with van der Waals surface area (Å²) >= 11 is 0. The summed E-state index contributed by atoms with van der Waals surface area (Å²) in [6.45, 7) is 2.48. The van der Waals surface area contributed by atoms with Crippen LogP contribution in [0.25, 0.3) is 11.3 Å². The second-order valence-electron chi connectivity index (χ2n) is 6.86. The van der Waals surface area contributed by atoms with E-state index in [2.05, 4.69) is 5.10 Å². The van der Waals surface area contributed by atoms with Crippen LogP contribution in [0.2, 0.25) is 0 Å². The first-order valence-corrected chi connectivity index (χ1v) is 8.75. The molecule has 0 saturated heterocycles. The van der Waals surface area contributed by atoms with E-state index in [1.165, 1.54) is 23.9 Å². The van der Waals surface area contributed by atoms with Crippen LogP contribution in [0.4, 0.5) is 5.69 Å². The molecule has 6 heteroatoms. The van der Waals surface area contributed by atoms with Gasteiger partial charge in [-0.3, -0.25) is 9.59 Å². The predicted octanol–water partition coefficient (Wildman–Crippen LogP) is 2.48. The highest BCUT2D eigenvalue weighted by Crippen LogP contribution is 2.27. The van der Waals surface area contributed by atoms with Crippen molar-refractivity contribution in [3.63, 3.8) is 0 Å². The summed E-state index contributed by atoms with van der Waals surface area (Å²) in [5.41, 5.74) is 13.1. The van der Waals surface area contributed by atoms with Crippen molar-refractivity contribution in [3.8, 4) is 11.3 Å². The fourth-order valence-corrected chi connectivity index (χ4v) is 3.57. The number of aromatic nitrogens is 2. The third kappa shape index (κ3) is 3.57. The highest BCUT2D eigenvalue weighted by molar-refractivity contribution is 6.03. The predicted molar refractivity (Wildman–Crippen MR) is 98.2 cm³/mol. The third-order valence-corrected chi connectivity index (χ3v) is 4.89. The van der Waals surface area contributed by atoms with Crippen LogP contribution in [0.1, 0.15) is 48.0 Å². The highest BCUT2D eigenvalue weighted by Gasteiger charge is 2.23. The molecule has 1 aromatic heterocycles. The molecule has 1 aliphatic rings. The van der Waals surface area contributed by atoms with Gasteiger partial charge in [-0.05, 0) is 31.7 Å². The second-order valence-corrected chi connectivity index (χ2v) is 6.86. The zero-order valence-electron chi connectivity index (χ0n) is 14.5. The molecule has 1 amide bonds. The summed E-state index contributed by atoms with van der Waals surface area (Å²) in [6, 6.07) is 7.58. The van der Waals surface area contributed by atoms with Crippen molar-refractivity contribution < 1.29 is 4.79 Å². The number of nitrogens with zero attached hydrogens (tertiary/aromatic N) is 2. The lowest BCUT2D eigenvalue weighted by molar-refractivity contribution is 0.100. The van der Waals surface area contributed by atoms with E-state index < -0.39 is 11.5 Å². The Bertz CT molecular complexity index is 851. The second kappa shape index (κ2) is 7.09. The van der Waals surface area contributed by atoms with Crippen LogP contribution in [0.15, 0.2) is 29.1 Å². The smallest absolute Gasteiger partial charge is 0.290 e. The number of rotatable bonds is 4. The molecule has 132 valence electrons. The number of carbonyl (C=O) groups is 1. The van der Waals surface area contributed by atoms with Gasteiger partial charge in [0.1, 0.15) is 11.4 Å².